The summed E-state index contributed by atoms with van der Waals surface area (Å²) in [5.74, 6) is -7.85. The summed E-state index contributed by atoms with van der Waals surface area (Å²) in [4.78, 5) is 23.5. The minimum absolute atomic E-state index is 0.554. The molecule has 0 saturated carbocycles. The number of aliphatic hydroxyl groups excluding tert-OH is 3. The van der Waals surface area contributed by atoms with E-state index in [1.54, 1.807) is 0 Å². The fourth-order valence-corrected chi connectivity index (χ4v) is 2.88. The number of carbonyl (C=O) groups is 2. The molecule has 1 aliphatic heterocycles. The second kappa shape index (κ2) is 8.75. The Morgan fingerprint density at radius 1 is 1.38 bits per heavy atom. The first-order valence-corrected chi connectivity index (χ1v) is 8.79. The normalized spacial score (nSPS) is 32.4. The Bertz CT molecular complexity index is 742. The predicted octanol–water partition coefficient (Wildman–Crippen LogP) is -1.73. The number of carboxylic acid groups (broad SMARTS) is 1. The molecule has 29 heavy (non-hydrogen) atoms. The van der Waals surface area contributed by atoms with Crippen molar-refractivity contribution in [2.24, 2.45) is 0 Å². The van der Waals surface area contributed by atoms with E-state index in [9.17, 15) is 28.6 Å². The Morgan fingerprint density at radius 3 is 2.45 bits per heavy atom. The standard InChI is InChI=1S/C12H14Cl3F2N5O7/c13-12(14,15)9(26)19-4-5(22-2-18-20-21-22)8(16)11(17,10(27)28)29-7(4)6(25)3(24)1-23/h2-8,23-25H,1H2,(H,19,26)(H,27,28)/t3-,4-,5-,6-,7-,8?,11?/m1/s1. The van der Waals surface area contributed by atoms with Crippen molar-refractivity contribution in [1.82, 2.24) is 25.5 Å². The highest BCUT2D eigenvalue weighted by molar-refractivity contribution is 6.76. The summed E-state index contributed by atoms with van der Waals surface area (Å²) in [6.45, 7) is -1.08. The third-order valence-corrected chi connectivity index (χ3v) is 4.63. The quantitative estimate of drug-likeness (QED) is 0.291. The van der Waals surface area contributed by atoms with Crippen molar-refractivity contribution >= 4 is 46.7 Å². The van der Waals surface area contributed by atoms with Crippen molar-refractivity contribution in [2.75, 3.05) is 6.61 Å². The summed E-state index contributed by atoms with van der Waals surface area (Å²) in [5.41, 5.74) is 0. The van der Waals surface area contributed by atoms with E-state index >= 15 is 0 Å². The Balaban J connectivity index is 2.59. The number of nitrogens with one attached hydrogen (secondary N) is 1. The van der Waals surface area contributed by atoms with Gasteiger partial charge in [0.05, 0.1) is 12.6 Å². The number of tetrazole rings is 1. The number of carbonyl (C=O) groups excluding carboxylic acids is 1. The number of aliphatic hydroxyl groups is 3. The van der Waals surface area contributed by atoms with E-state index in [1.807, 2.05) is 5.32 Å². The Hall–Kier alpha value is -1.42. The molecule has 17 heteroatoms. The van der Waals surface area contributed by atoms with Gasteiger partial charge in [-0.25, -0.2) is 13.9 Å². The zero-order chi connectivity index (χ0) is 22.1. The summed E-state index contributed by atoms with van der Waals surface area (Å²) in [5, 5.41) is 49.9. The number of hydrogen-bond acceptors (Lipinski definition) is 9. The van der Waals surface area contributed by atoms with Crippen molar-refractivity contribution in [2.45, 2.75) is 46.2 Å². The number of amides is 1. The molecule has 0 spiro atoms. The van der Waals surface area contributed by atoms with Crippen LogP contribution in [-0.2, 0) is 14.3 Å². The molecule has 0 bridgehead atoms. The third kappa shape index (κ3) is 4.68. The molecule has 0 aliphatic carbocycles. The monoisotopic (exact) mass is 483 g/mol. The van der Waals surface area contributed by atoms with Crippen LogP contribution >= 0.6 is 34.8 Å². The average molecular weight is 485 g/mol. The number of alkyl halides is 5. The van der Waals surface area contributed by atoms with Gasteiger partial charge in [-0.2, -0.15) is 4.39 Å². The van der Waals surface area contributed by atoms with E-state index in [2.05, 4.69) is 20.3 Å². The second-order valence-electron chi connectivity index (χ2n) is 5.95. The predicted molar refractivity (Wildman–Crippen MR) is 89.4 cm³/mol. The van der Waals surface area contributed by atoms with Crippen LogP contribution in [0, 0.1) is 0 Å². The van der Waals surface area contributed by atoms with Crippen molar-refractivity contribution in [3.05, 3.63) is 6.33 Å². The fourth-order valence-electron chi connectivity index (χ4n) is 2.71. The molecular weight excluding hydrogens is 471 g/mol. The van der Waals surface area contributed by atoms with Gasteiger partial charge in [0.15, 0.2) is 6.17 Å². The number of carboxylic acids is 1. The van der Waals surface area contributed by atoms with Crippen LogP contribution in [0.2, 0.25) is 0 Å². The maximum absolute atomic E-state index is 15.0. The van der Waals surface area contributed by atoms with Crippen LogP contribution in [0.1, 0.15) is 6.04 Å². The highest BCUT2D eigenvalue weighted by Crippen LogP contribution is 2.41. The number of halogens is 5. The molecule has 1 saturated heterocycles. The number of aliphatic carboxylic acids is 1. The molecule has 7 atom stereocenters. The number of aromatic nitrogens is 4. The maximum atomic E-state index is 15.0. The van der Waals surface area contributed by atoms with Crippen molar-refractivity contribution < 1.29 is 43.5 Å². The SMILES string of the molecule is O=C(N[C@H]1[C@H]([C@H](O)[C@H](O)CO)OC(F)(C(=O)O)C(F)[C@@H]1n1cnnn1)C(Cl)(Cl)Cl. The zero-order valence-corrected chi connectivity index (χ0v) is 16.2. The third-order valence-electron chi connectivity index (χ3n) is 4.12. The lowest BCUT2D eigenvalue weighted by molar-refractivity contribution is -0.283. The van der Waals surface area contributed by atoms with Crippen LogP contribution in [0.5, 0.6) is 0 Å². The molecule has 0 aromatic carbocycles. The van der Waals surface area contributed by atoms with E-state index in [4.69, 9.17) is 45.0 Å². The van der Waals surface area contributed by atoms with Crippen LogP contribution in [0.15, 0.2) is 6.33 Å². The minimum Gasteiger partial charge on any atom is -0.477 e. The molecule has 164 valence electrons. The molecule has 1 aromatic heterocycles. The maximum Gasteiger partial charge on any atom is 0.372 e. The van der Waals surface area contributed by atoms with Crippen LogP contribution in [0.3, 0.4) is 0 Å². The Kier molecular flexibility index (Phi) is 7.20. The zero-order valence-electron chi connectivity index (χ0n) is 13.9. The molecule has 0 radical (unpaired) electrons. The highest BCUT2D eigenvalue weighted by Gasteiger charge is 2.64. The summed E-state index contributed by atoms with van der Waals surface area (Å²) in [7, 11) is 0. The van der Waals surface area contributed by atoms with Gasteiger partial charge in [0.1, 0.15) is 30.7 Å². The van der Waals surface area contributed by atoms with E-state index in [0.29, 0.717) is 4.68 Å². The lowest BCUT2D eigenvalue weighted by Crippen LogP contribution is -2.69. The van der Waals surface area contributed by atoms with Crippen LogP contribution in [-0.4, -0.2) is 99.3 Å². The van der Waals surface area contributed by atoms with Gasteiger partial charge in [-0.1, -0.05) is 34.8 Å². The van der Waals surface area contributed by atoms with Gasteiger partial charge in [0.2, 0.25) is 0 Å². The lowest BCUT2D eigenvalue weighted by atomic mass is 9.86. The summed E-state index contributed by atoms with van der Waals surface area (Å²) in [6.07, 6.45) is -8.65. The molecule has 1 fully saturated rings. The number of nitrogens with zero attached hydrogens (tertiary/aromatic N) is 4. The van der Waals surface area contributed by atoms with Crippen molar-refractivity contribution in [1.29, 1.82) is 0 Å². The largest absolute Gasteiger partial charge is 0.477 e. The number of ether oxygens (including phenoxy) is 1. The summed E-state index contributed by atoms with van der Waals surface area (Å²) >= 11 is 16.4. The molecule has 5 N–H and O–H groups in total. The summed E-state index contributed by atoms with van der Waals surface area (Å²) in [6, 6.07) is -3.90. The Morgan fingerprint density at radius 2 is 2.00 bits per heavy atom. The van der Waals surface area contributed by atoms with Gasteiger partial charge < -0.3 is 30.5 Å². The van der Waals surface area contributed by atoms with Crippen LogP contribution < -0.4 is 5.32 Å². The van der Waals surface area contributed by atoms with Gasteiger partial charge in [-0.3, -0.25) is 4.79 Å². The first-order valence-electron chi connectivity index (χ1n) is 7.66. The molecule has 1 amide bonds. The number of rotatable bonds is 6. The van der Waals surface area contributed by atoms with Crippen molar-refractivity contribution in [3.8, 4) is 0 Å². The molecular formula is C12H14Cl3F2N5O7. The first kappa shape index (κ1) is 23.9. The first-order chi connectivity index (χ1) is 13.3. The molecule has 2 rings (SSSR count). The van der Waals surface area contributed by atoms with E-state index in [-0.39, 0.29) is 0 Å². The van der Waals surface area contributed by atoms with Gasteiger partial charge in [0, 0.05) is 0 Å². The molecule has 12 nitrogen and oxygen atoms in total. The second-order valence-corrected chi connectivity index (χ2v) is 8.23. The van der Waals surface area contributed by atoms with Gasteiger partial charge in [-0.05, 0) is 10.4 Å². The van der Waals surface area contributed by atoms with Gasteiger partial charge in [0.25, 0.3) is 9.70 Å². The lowest BCUT2D eigenvalue weighted by Gasteiger charge is -2.46. The highest BCUT2D eigenvalue weighted by atomic mass is 35.6. The summed E-state index contributed by atoms with van der Waals surface area (Å²) < 4.78 is 32.5. The Labute approximate surface area is 175 Å². The van der Waals surface area contributed by atoms with E-state index in [0.717, 1.165) is 6.33 Å². The average Bonchev–Trinajstić information content (AvgIpc) is 3.16. The fraction of sp³-hybridized carbons (Fsp3) is 0.750. The molecule has 2 heterocycles. The number of hydrogen-bond donors (Lipinski definition) is 5. The molecule has 1 aromatic rings. The smallest absolute Gasteiger partial charge is 0.372 e. The van der Waals surface area contributed by atoms with E-state index in [1.165, 1.54) is 0 Å². The van der Waals surface area contributed by atoms with Crippen LogP contribution in [0.25, 0.3) is 0 Å². The van der Waals surface area contributed by atoms with Crippen LogP contribution in [0.4, 0.5) is 8.78 Å². The minimum atomic E-state index is -4.06. The topological polar surface area (TPSA) is 180 Å². The van der Waals surface area contributed by atoms with Gasteiger partial charge >= 0.3 is 11.8 Å². The van der Waals surface area contributed by atoms with Crippen molar-refractivity contribution in [3.63, 3.8) is 0 Å². The molecule has 1 aliphatic rings. The molecule has 2 unspecified atom stereocenters. The van der Waals surface area contributed by atoms with E-state index < -0.39 is 64.7 Å². The van der Waals surface area contributed by atoms with Gasteiger partial charge in [-0.15, -0.1) is 5.10 Å².